The quantitative estimate of drug-likeness (QED) is 0.381. The highest BCUT2D eigenvalue weighted by molar-refractivity contribution is 6.32. The van der Waals surface area contributed by atoms with Gasteiger partial charge in [0, 0.05) is 12.3 Å². The molecule has 1 aromatic carbocycles. The monoisotopic (exact) mass is 424 g/mol. The van der Waals surface area contributed by atoms with Crippen LogP contribution in [0.1, 0.15) is 16.2 Å². The highest BCUT2D eigenvalue weighted by Crippen LogP contribution is 2.31. The maximum atomic E-state index is 13.3. The van der Waals surface area contributed by atoms with Crippen LogP contribution in [-0.4, -0.2) is 26.7 Å². The van der Waals surface area contributed by atoms with E-state index >= 15 is 0 Å². The third-order valence-corrected chi connectivity index (χ3v) is 4.00. The highest BCUT2D eigenvalue weighted by Gasteiger charge is 2.38. The molecule has 0 radical (unpaired) electrons. The van der Waals surface area contributed by atoms with Gasteiger partial charge >= 0.3 is 12.2 Å². The van der Waals surface area contributed by atoms with E-state index in [0.717, 1.165) is 0 Å². The van der Waals surface area contributed by atoms with E-state index in [1.807, 2.05) is 0 Å². The van der Waals surface area contributed by atoms with Gasteiger partial charge in [0.25, 0.3) is 5.91 Å². The number of nitrogens with two attached hydrogens (primary N) is 1. The molecule has 8 nitrogen and oxygen atoms in total. The van der Waals surface area contributed by atoms with Gasteiger partial charge in [-0.2, -0.15) is 18.3 Å². The first kappa shape index (κ1) is 20.3. The van der Waals surface area contributed by atoms with Crippen LogP contribution in [0, 0.1) is 0 Å². The lowest BCUT2D eigenvalue weighted by Crippen LogP contribution is -2.47. The van der Waals surface area contributed by atoms with Crippen LogP contribution in [0.3, 0.4) is 0 Å². The fraction of sp³-hybridized carbons (Fsp3) is 0.0588. The van der Waals surface area contributed by atoms with Crippen molar-refractivity contribution in [3.8, 4) is 5.82 Å². The van der Waals surface area contributed by atoms with E-state index in [1.165, 1.54) is 42.6 Å². The number of anilines is 1. The molecule has 3 rings (SSSR count). The lowest BCUT2D eigenvalue weighted by atomic mass is 10.2. The molecule has 0 spiro atoms. The van der Waals surface area contributed by atoms with Crippen LogP contribution in [0.25, 0.3) is 5.82 Å². The van der Waals surface area contributed by atoms with E-state index < -0.39 is 29.5 Å². The maximum Gasteiger partial charge on any atom is 0.435 e. The fourth-order valence-electron chi connectivity index (χ4n) is 2.45. The first-order valence-corrected chi connectivity index (χ1v) is 8.30. The van der Waals surface area contributed by atoms with Crippen molar-refractivity contribution in [1.29, 1.82) is 0 Å². The van der Waals surface area contributed by atoms with Crippen LogP contribution in [0.15, 0.2) is 54.7 Å². The van der Waals surface area contributed by atoms with Crippen molar-refractivity contribution < 1.29 is 22.8 Å². The van der Waals surface area contributed by atoms with Crippen molar-refractivity contribution in [2.75, 3.05) is 4.90 Å². The number of carbonyl (C=O) groups is 2. The summed E-state index contributed by atoms with van der Waals surface area (Å²) < 4.78 is 40.4. The molecule has 150 valence electrons. The standard InChI is InChI=1S/C17H12ClF3N6O2/c18-11-7-4-8-23-14(11)27-12(9-13(25-27)17(19,20)21)15(28)26(16(29)24-22)10-5-2-1-3-6-10/h1-9H,22H2,(H,24,29). The smallest absolute Gasteiger partial charge is 0.275 e. The van der Waals surface area contributed by atoms with E-state index in [2.05, 4.69) is 10.1 Å². The molecule has 0 saturated heterocycles. The summed E-state index contributed by atoms with van der Waals surface area (Å²) in [6.45, 7) is 0. The first-order chi connectivity index (χ1) is 13.7. The molecular weight excluding hydrogens is 413 g/mol. The number of hydrazine groups is 1. The average Bonchev–Trinajstić information content (AvgIpc) is 3.15. The molecule has 0 aliphatic carbocycles. The van der Waals surface area contributed by atoms with Crippen molar-refractivity contribution in [3.63, 3.8) is 0 Å². The van der Waals surface area contributed by atoms with E-state index in [4.69, 9.17) is 17.4 Å². The summed E-state index contributed by atoms with van der Waals surface area (Å²) in [5, 5.41) is 3.38. The molecule has 3 amide bonds. The Balaban J connectivity index is 2.20. The second-order valence-electron chi connectivity index (χ2n) is 5.56. The molecule has 12 heteroatoms. The SMILES string of the molecule is NNC(=O)N(C(=O)c1cc(C(F)(F)F)nn1-c1ncccc1Cl)c1ccccc1. The second-order valence-corrected chi connectivity index (χ2v) is 5.97. The van der Waals surface area contributed by atoms with Crippen molar-refractivity contribution in [2.45, 2.75) is 6.18 Å². The Morgan fingerprint density at radius 3 is 2.41 bits per heavy atom. The minimum Gasteiger partial charge on any atom is -0.275 e. The van der Waals surface area contributed by atoms with Gasteiger partial charge in [-0.05, 0) is 24.3 Å². The summed E-state index contributed by atoms with van der Waals surface area (Å²) in [4.78, 5) is 29.8. The molecule has 2 aromatic heterocycles. The third kappa shape index (κ3) is 4.05. The Morgan fingerprint density at radius 2 is 1.83 bits per heavy atom. The number of pyridine rings is 1. The van der Waals surface area contributed by atoms with Crippen LogP contribution in [0.4, 0.5) is 23.7 Å². The predicted octanol–water partition coefficient (Wildman–Crippen LogP) is 3.17. The molecule has 0 atom stereocenters. The predicted molar refractivity (Wildman–Crippen MR) is 97.3 cm³/mol. The number of amides is 3. The lowest BCUT2D eigenvalue weighted by Gasteiger charge is -2.20. The number of para-hydroxylation sites is 1. The molecule has 0 aliphatic heterocycles. The van der Waals surface area contributed by atoms with Crippen LogP contribution in [0.5, 0.6) is 0 Å². The summed E-state index contributed by atoms with van der Waals surface area (Å²) >= 11 is 6.02. The second kappa shape index (κ2) is 7.89. The van der Waals surface area contributed by atoms with Gasteiger partial charge in [-0.1, -0.05) is 29.8 Å². The van der Waals surface area contributed by atoms with Crippen molar-refractivity contribution in [2.24, 2.45) is 5.84 Å². The largest absolute Gasteiger partial charge is 0.435 e. The Hall–Kier alpha value is -3.44. The van der Waals surface area contributed by atoms with Crippen molar-refractivity contribution in [3.05, 3.63) is 71.1 Å². The zero-order valence-electron chi connectivity index (χ0n) is 14.4. The summed E-state index contributed by atoms with van der Waals surface area (Å²) in [6.07, 6.45) is -3.58. The molecule has 2 heterocycles. The molecule has 0 fully saturated rings. The molecule has 0 saturated carbocycles. The fourth-order valence-corrected chi connectivity index (χ4v) is 2.65. The molecule has 0 unspecified atom stereocenters. The average molecular weight is 425 g/mol. The molecule has 0 bridgehead atoms. The van der Waals surface area contributed by atoms with Gasteiger partial charge in [0.05, 0.1) is 10.7 Å². The maximum absolute atomic E-state index is 13.3. The number of hydrogen-bond acceptors (Lipinski definition) is 5. The van der Waals surface area contributed by atoms with Gasteiger partial charge < -0.3 is 0 Å². The minimum absolute atomic E-state index is 0.0482. The lowest BCUT2D eigenvalue weighted by molar-refractivity contribution is -0.141. The first-order valence-electron chi connectivity index (χ1n) is 7.92. The van der Waals surface area contributed by atoms with E-state index in [0.29, 0.717) is 15.6 Å². The van der Waals surface area contributed by atoms with Crippen LogP contribution in [0.2, 0.25) is 5.02 Å². The van der Waals surface area contributed by atoms with Crippen LogP contribution >= 0.6 is 11.6 Å². The van der Waals surface area contributed by atoms with Gasteiger partial charge in [0.2, 0.25) is 0 Å². The molecular formula is C17H12ClF3N6O2. The zero-order valence-corrected chi connectivity index (χ0v) is 15.1. The van der Waals surface area contributed by atoms with Gasteiger partial charge in [-0.15, -0.1) is 0 Å². The van der Waals surface area contributed by atoms with E-state index in [9.17, 15) is 22.8 Å². The number of imide groups is 1. The number of nitrogens with zero attached hydrogens (tertiary/aromatic N) is 4. The van der Waals surface area contributed by atoms with E-state index in [1.54, 1.807) is 11.5 Å². The van der Waals surface area contributed by atoms with Gasteiger partial charge in [0.15, 0.2) is 11.5 Å². The number of rotatable bonds is 3. The van der Waals surface area contributed by atoms with Crippen molar-refractivity contribution >= 4 is 29.2 Å². The normalized spacial score (nSPS) is 11.2. The summed E-state index contributed by atoms with van der Waals surface area (Å²) in [5.74, 6) is 3.81. The summed E-state index contributed by atoms with van der Waals surface area (Å²) in [7, 11) is 0. The van der Waals surface area contributed by atoms with Crippen LogP contribution < -0.4 is 16.2 Å². The number of alkyl halides is 3. The number of nitrogens with one attached hydrogen (secondary N) is 1. The summed E-state index contributed by atoms with van der Waals surface area (Å²) in [5.41, 5.74) is -0.0778. The minimum atomic E-state index is -4.85. The number of benzene rings is 1. The van der Waals surface area contributed by atoms with Gasteiger partial charge in [-0.3, -0.25) is 10.2 Å². The third-order valence-electron chi connectivity index (χ3n) is 3.70. The Labute approximate surface area is 166 Å². The highest BCUT2D eigenvalue weighted by atomic mass is 35.5. The number of aromatic nitrogens is 3. The van der Waals surface area contributed by atoms with Gasteiger partial charge in [0.1, 0.15) is 5.69 Å². The molecule has 3 aromatic rings. The number of halogens is 4. The molecule has 0 aliphatic rings. The Morgan fingerprint density at radius 1 is 1.14 bits per heavy atom. The van der Waals surface area contributed by atoms with E-state index in [-0.39, 0.29) is 16.5 Å². The van der Waals surface area contributed by atoms with Crippen LogP contribution in [-0.2, 0) is 6.18 Å². The number of carbonyl (C=O) groups excluding carboxylic acids is 2. The summed E-state index contributed by atoms with van der Waals surface area (Å²) in [6, 6.07) is 9.79. The molecule has 29 heavy (non-hydrogen) atoms. The number of urea groups is 1. The topological polar surface area (TPSA) is 106 Å². The Bertz CT molecular complexity index is 1050. The Kier molecular flexibility index (Phi) is 5.52. The van der Waals surface area contributed by atoms with Gasteiger partial charge in [-0.25, -0.2) is 25.2 Å². The van der Waals surface area contributed by atoms with Crippen molar-refractivity contribution in [1.82, 2.24) is 20.2 Å². The number of hydrogen-bond donors (Lipinski definition) is 2. The molecule has 3 N–H and O–H groups in total. The zero-order chi connectivity index (χ0) is 21.2.